The van der Waals surface area contributed by atoms with E-state index in [1.165, 1.54) is 17.3 Å². The summed E-state index contributed by atoms with van der Waals surface area (Å²) in [5, 5.41) is 12.2. The van der Waals surface area contributed by atoms with Crippen molar-refractivity contribution in [2.24, 2.45) is 0 Å². The minimum Gasteiger partial charge on any atom is -0.354 e. The van der Waals surface area contributed by atoms with Crippen molar-refractivity contribution in [3.63, 3.8) is 0 Å². The molecule has 4 rings (SSSR count). The quantitative estimate of drug-likeness (QED) is 0.647. The van der Waals surface area contributed by atoms with E-state index in [1.807, 2.05) is 37.3 Å². The Morgan fingerprint density at radius 2 is 1.83 bits per heavy atom. The van der Waals surface area contributed by atoms with Gasteiger partial charge in [0.05, 0.1) is 11.5 Å². The van der Waals surface area contributed by atoms with Crippen molar-refractivity contribution in [1.82, 2.24) is 9.62 Å². The molecule has 2 fully saturated rings. The Labute approximate surface area is 207 Å². The van der Waals surface area contributed by atoms with Crippen LogP contribution in [0.25, 0.3) is 0 Å². The lowest BCUT2D eigenvalue weighted by atomic mass is 9.69. The van der Waals surface area contributed by atoms with E-state index >= 15 is 4.39 Å². The van der Waals surface area contributed by atoms with Crippen LogP contribution >= 0.6 is 0 Å². The third-order valence-corrected chi connectivity index (χ3v) is 9.96. The maximum absolute atomic E-state index is 15.3. The lowest BCUT2D eigenvalue weighted by Gasteiger charge is -2.38. The zero-order valence-electron chi connectivity index (χ0n) is 20.2. The van der Waals surface area contributed by atoms with Gasteiger partial charge in [0.2, 0.25) is 15.9 Å². The van der Waals surface area contributed by atoms with Crippen LogP contribution in [0.5, 0.6) is 0 Å². The van der Waals surface area contributed by atoms with Gasteiger partial charge in [0.1, 0.15) is 11.1 Å². The molecule has 0 bridgehead atoms. The van der Waals surface area contributed by atoms with Crippen LogP contribution in [0, 0.1) is 17.1 Å². The van der Waals surface area contributed by atoms with Crippen LogP contribution in [0.4, 0.5) is 4.39 Å². The molecule has 0 aromatic heterocycles. The number of rotatable bonds is 5. The molecule has 1 aliphatic heterocycles. The van der Waals surface area contributed by atoms with Crippen LogP contribution in [0.2, 0.25) is 0 Å². The number of nitrogens with one attached hydrogen (secondary N) is 1. The van der Waals surface area contributed by atoms with Gasteiger partial charge in [0.25, 0.3) is 0 Å². The number of nitriles is 1. The highest BCUT2D eigenvalue weighted by Crippen LogP contribution is 2.41. The second kappa shape index (κ2) is 10.1. The van der Waals surface area contributed by atoms with Crippen molar-refractivity contribution in [3.05, 3.63) is 71.0 Å². The first kappa shape index (κ1) is 25.3. The molecule has 2 aromatic carbocycles. The van der Waals surface area contributed by atoms with E-state index in [4.69, 9.17) is 0 Å². The Morgan fingerprint density at radius 3 is 2.43 bits per heavy atom. The van der Waals surface area contributed by atoms with Gasteiger partial charge < -0.3 is 5.32 Å². The van der Waals surface area contributed by atoms with Gasteiger partial charge in [0, 0.05) is 31.1 Å². The smallest absolute Gasteiger partial charge is 0.221 e. The molecule has 1 saturated carbocycles. The number of hydrogen-bond donors (Lipinski definition) is 1. The first-order valence-electron chi connectivity index (χ1n) is 12.2. The van der Waals surface area contributed by atoms with Crippen LogP contribution in [0.1, 0.15) is 74.3 Å². The van der Waals surface area contributed by atoms with Gasteiger partial charge in [0.15, 0.2) is 0 Å². The highest BCUT2D eigenvalue weighted by Gasteiger charge is 2.41. The topological polar surface area (TPSA) is 90.3 Å². The number of hydrogen-bond acceptors (Lipinski definition) is 4. The summed E-state index contributed by atoms with van der Waals surface area (Å²) in [4.78, 5) is 11.4. The van der Waals surface area contributed by atoms with Crippen molar-refractivity contribution in [3.8, 4) is 6.07 Å². The van der Waals surface area contributed by atoms with Gasteiger partial charge in [-0.25, -0.2) is 12.8 Å². The molecule has 1 heterocycles. The van der Waals surface area contributed by atoms with E-state index < -0.39 is 26.5 Å². The van der Waals surface area contributed by atoms with Crippen LogP contribution in [-0.2, 0) is 26.8 Å². The van der Waals surface area contributed by atoms with Crippen LogP contribution in [-0.4, -0.2) is 30.7 Å². The Morgan fingerprint density at radius 1 is 1.14 bits per heavy atom. The summed E-state index contributed by atoms with van der Waals surface area (Å²) in [6.45, 7) is 3.30. The predicted molar refractivity (Wildman–Crippen MR) is 132 cm³/mol. The molecule has 1 N–H and O–H groups in total. The molecule has 2 aliphatic rings. The van der Waals surface area contributed by atoms with Gasteiger partial charge in [-0.3, -0.25) is 4.79 Å². The summed E-state index contributed by atoms with van der Waals surface area (Å²) in [6.07, 6.45) is 3.61. The fourth-order valence-electron chi connectivity index (χ4n) is 5.50. The van der Waals surface area contributed by atoms with E-state index in [2.05, 4.69) is 11.4 Å². The molecule has 6 nitrogen and oxygen atoms in total. The zero-order valence-corrected chi connectivity index (χ0v) is 21.0. The average molecular weight is 498 g/mol. The molecule has 2 unspecified atom stereocenters. The van der Waals surface area contributed by atoms with E-state index in [-0.39, 0.29) is 24.5 Å². The molecule has 1 saturated heterocycles. The van der Waals surface area contributed by atoms with Crippen molar-refractivity contribution in [2.75, 3.05) is 0 Å². The summed E-state index contributed by atoms with van der Waals surface area (Å²) in [5.41, 5.74) is 0.861. The monoisotopic (exact) mass is 497 g/mol. The molecule has 2 aromatic rings. The number of sulfonamides is 1. The maximum Gasteiger partial charge on any atom is 0.221 e. The summed E-state index contributed by atoms with van der Waals surface area (Å²) >= 11 is 0. The van der Waals surface area contributed by atoms with Gasteiger partial charge in [-0.15, -0.1) is 0 Å². The van der Waals surface area contributed by atoms with Crippen LogP contribution < -0.4 is 5.32 Å². The largest absolute Gasteiger partial charge is 0.354 e. The lowest BCUT2D eigenvalue weighted by Crippen LogP contribution is -2.44. The van der Waals surface area contributed by atoms with Crippen molar-refractivity contribution in [2.45, 2.75) is 81.7 Å². The minimum absolute atomic E-state index is 0.0291. The Balaban J connectivity index is 1.55. The fourth-order valence-corrected chi connectivity index (χ4v) is 7.69. The molecular formula is C27H32FN3O3S. The second-order valence-electron chi connectivity index (χ2n) is 9.89. The lowest BCUT2D eigenvalue weighted by molar-refractivity contribution is -0.119. The average Bonchev–Trinajstić information content (AvgIpc) is 2.83. The van der Waals surface area contributed by atoms with Crippen LogP contribution in [0.3, 0.4) is 0 Å². The predicted octanol–water partition coefficient (Wildman–Crippen LogP) is 4.72. The number of halogens is 1. The first-order chi connectivity index (χ1) is 16.7. The Hall–Kier alpha value is -2.76. The van der Waals surface area contributed by atoms with Gasteiger partial charge in [-0.05, 0) is 62.6 Å². The third-order valence-electron chi connectivity index (χ3n) is 7.59. The van der Waals surface area contributed by atoms with E-state index in [0.717, 1.165) is 5.56 Å². The van der Waals surface area contributed by atoms with E-state index in [9.17, 15) is 18.5 Å². The summed E-state index contributed by atoms with van der Waals surface area (Å²) in [5.74, 6) is -0.586. The molecule has 1 amide bonds. The Bertz CT molecular complexity index is 1220. The molecule has 0 spiro atoms. The van der Waals surface area contributed by atoms with Crippen LogP contribution in [0.15, 0.2) is 48.5 Å². The van der Waals surface area contributed by atoms with Crippen molar-refractivity contribution < 1.29 is 17.6 Å². The molecule has 1 aliphatic carbocycles. The number of carbonyl (C=O) groups is 1. The number of amides is 1. The van der Waals surface area contributed by atoms with E-state index in [0.29, 0.717) is 49.7 Å². The molecule has 2 atom stereocenters. The van der Waals surface area contributed by atoms with Gasteiger partial charge >= 0.3 is 0 Å². The van der Waals surface area contributed by atoms with Gasteiger partial charge in [-0.1, -0.05) is 42.5 Å². The first-order valence-corrected chi connectivity index (χ1v) is 13.7. The second-order valence-corrected chi connectivity index (χ2v) is 12.0. The number of nitrogens with zero attached hydrogens (tertiary/aromatic N) is 2. The maximum atomic E-state index is 15.3. The van der Waals surface area contributed by atoms with Gasteiger partial charge in [-0.2, -0.15) is 9.57 Å². The normalized spacial score (nSPS) is 28.7. The fraction of sp³-hybridized carbons (Fsp3) is 0.481. The SMILES string of the molecule is CC(=O)NC1CCC(C#N)(c2ccc(CN3C(C)CCC(c4ccccc4)S3(=O)=O)c(F)c2)CC1. The number of carbonyl (C=O) groups excluding carboxylic acids is 1. The zero-order chi connectivity index (χ0) is 25.2. The molecule has 0 radical (unpaired) electrons. The molecular weight excluding hydrogens is 465 g/mol. The summed E-state index contributed by atoms with van der Waals surface area (Å²) in [6, 6.07) is 16.2. The minimum atomic E-state index is -3.67. The molecule has 35 heavy (non-hydrogen) atoms. The standard InChI is InChI=1S/C27H32FN3O3S/c1-19-8-11-26(21-6-4-3-5-7-21)35(33,34)31(19)17-22-9-10-23(16-25(22)28)27(18-29)14-12-24(13-15-27)30-20(2)32/h3-7,9-10,16,19,24,26H,8,11-15,17H2,1-2H3,(H,30,32). The molecule has 186 valence electrons. The molecule has 8 heteroatoms. The van der Waals surface area contributed by atoms with Crippen molar-refractivity contribution >= 4 is 15.9 Å². The third kappa shape index (κ3) is 5.12. The number of benzene rings is 2. The van der Waals surface area contributed by atoms with Crippen molar-refractivity contribution in [1.29, 1.82) is 5.26 Å². The summed E-state index contributed by atoms with van der Waals surface area (Å²) < 4.78 is 43.7. The Kier molecular flexibility index (Phi) is 7.30. The highest BCUT2D eigenvalue weighted by molar-refractivity contribution is 7.89. The highest BCUT2D eigenvalue weighted by atomic mass is 32.2. The van der Waals surface area contributed by atoms with E-state index in [1.54, 1.807) is 12.1 Å². The summed E-state index contributed by atoms with van der Waals surface area (Å²) in [7, 11) is -3.67.